The minimum absolute atomic E-state index is 0.0799. The highest BCUT2D eigenvalue weighted by atomic mass is 35.5. The van der Waals surface area contributed by atoms with Crippen LogP contribution in [0, 0.1) is 12.7 Å². The van der Waals surface area contributed by atoms with E-state index in [9.17, 15) is 9.18 Å². The lowest BCUT2D eigenvalue weighted by Gasteiger charge is -2.27. The number of amides is 1. The van der Waals surface area contributed by atoms with Crippen LogP contribution in [0.15, 0.2) is 36.5 Å². The zero-order chi connectivity index (χ0) is 17.2. The third-order valence-corrected chi connectivity index (χ3v) is 3.16. The molecule has 0 radical (unpaired) electrons. The maximum Gasteiger partial charge on any atom is 0.420 e. The van der Waals surface area contributed by atoms with Gasteiger partial charge in [0.15, 0.2) is 0 Å². The molecule has 2 aromatic rings. The third kappa shape index (κ3) is 4.42. The molecule has 2 rings (SSSR count). The van der Waals surface area contributed by atoms with Crippen LogP contribution < -0.4 is 4.90 Å². The standard InChI is InChI=1S/C17H18ClFN2O2/c1-11-7-8-20-15(9-11)21(16(22)23-17(2,3)4)12-5-6-14(19)13(18)10-12/h5-10H,1-4H3. The summed E-state index contributed by atoms with van der Waals surface area (Å²) in [5.41, 5.74) is 0.628. The number of hydrogen-bond acceptors (Lipinski definition) is 3. The van der Waals surface area contributed by atoms with Crippen molar-refractivity contribution in [3.63, 3.8) is 0 Å². The van der Waals surface area contributed by atoms with E-state index in [1.54, 1.807) is 33.0 Å². The Hall–Kier alpha value is -2.14. The van der Waals surface area contributed by atoms with Crippen LogP contribution in [-0.2, 0) is 4.74 Å². The minimum atomic E-state index is -0.678. The molecule has 0 atom stereocenters. The number of carbonyl (C=O) groups is 1. The summed E-state index contributed by atoms with van der Waals surface area (Å²) < 4.78 is 18.8. The van der Waals surface area contributed by atoms with Crippen LogP contribution in [-0.4, -0.2) is 16.7 Å². The van der Waals surface area contributed by atoms with E-state index in [4.69, 9.17) is 16.3 Å². The number of pyridine rings is 1. The summed E-state index contributed by atoms with van der Waals surface area (Å²) >= 11 is 5.84. The summed E-state index contributed by atoms with van der Waals surface area (Å²) in [6, 6.07) is 7.57. The van der Waals surface area contributed by atoms with Gasteiger partial charge in [-0.15, -0.1) is 0 Å². The first-order valence-corrected chi connectivity index (χ1v) is 7.46. The zero-order valence-electron chi connectivity index (χ0n) is 13.4. The molecule has 4 nitrogen and oxygen atoms in total. The quantitative estimate of drug-likeness (QED) is 0.751. The van der Waals surface area contributed by atoms with E-state index in [1.807, 2.05) is 13.0 Å². The van der Waals surface area contributed by atoms with Crippen LogP contribution in [0.25, 0.3) is 0 Å². The van der Waals surface area contributed by atoms with E-state index in [0.29, 0.717) is 11.5 Å². The van der Waals surface area contributed by atoms with Crippen molar-refractivity contribution in [1.29, 1.82) is 0 Å². The molecule has 0 N–H and O–H groups in total. The molecular weight excluding hydrogens is 319 g/mol. The van der Waals surface area contributed by atoms with Crippen molar-refractivity contribution in [3.05, 3.63) is 52.9 Å². The van der Waals surface area contributed by atoms with Crippen molar-refractivity contribution in [3.8, 4) is 0 Å². The van der Waals surface area contributed by atoms with Crippen molar-refractivity contribution in [2.24, 2.45) is 0 Å². The van der Waals surface area contributed by atoms with E-state index < -0.39 is 17.5 Å². The highest BCUT2D eigenvalue weighted by molar-refractivity contribution is 6.31. The van der Waals surface area contributed by atoms with Gasteiger partial charge in [0.05, 0.1) is 10.7 Å². The summed E-state index contributed by atoms with van der Waals surface area (Å²) in [6.07, 6.45) is 0.978. The molecule has 122 valence electrons. The molecule has 0 unspecified atom stereocenters. The topological polar surface area (TPSA) is 42.4 Å². The smallest absolute Gasteiger partial charge is 0.420 e. The normalized spacial score (nSPS) is 11.2. The van der Waals surface area contributed by atoms with E-state index >= 15 is 0 Å². The first-order valence-electron chi connectivity index (χ1n) is 7.08. The third-order valence-electron chi connectivity index (χ3n) is 2.87. The Morgan fingerprint density at radius 2 is 1.96 bits per heavy atom. The van der Waals surface area contributed by atoms with Gasteiger partial charge >= 0.3 is 6.09 Å². The van der Waals surface area contributed by atoms with Gasteiger partial charge in [-0.05, 0) is 63.6 Å². The Kier molecular flexibility index (Phi) is 4.90. The van der Waals surface area contributed by atoms with Crippen molar-refractivity contribution in [2.45, 2.75) is 33.3 Å². The Morgan fingerprint density at radius 3 is 2.52 bits per heavy atom. The van der Waals surface area contributed by atoms with Crippen LogP contribution in [0.5, 0.6) is 0 Å². The van der Waals surface area contributed by atoms with Gasteiger partial charge in [0.2, 0.25) is 0 Å². The number of anilines is 2. The predicted octanol–water partition coefficient (Wildman–Crippen LogP) is 5.26. The molecule has 1 aromatic carbocycles. The molecule has 0 fully saturated rings. The number of benzene rings is 1. The number of carbonyl (C=O) groups excluding carboxylic acids is 1. The average molecular weight is 337 g/mol. The molecule has 0 aliphatic carbocycles. The predicted molar refractivity (Wildman–Crippen MR) is 88.8 cm³/mol. The fourth-order valence-corrected chi connectivity index (χ4v) is 2.08. The largest absolute Gasteiger partial charge is 0.443 e. The van der Waals surface area contributed by atoms with Crippen LogP contribution in [0.4, 0.5) is 20.7 Å². The number of aromatic nitrogens is 1. The van der Waals surface area contributed by atoms with Gasteiger partial charge in [-0.1, -0.05) is 11.6 Å². The van der Waals surface area contributed by atoms with Crippen molar-refractivity contribution in [2.75, 3.05) is 4.90 Å². The number of rotatable bonds is 2. The first kappa shape index (κ1) is 17.2. The Labute approximate surface area is 139 Å². The van der Waals surface area contributed by atoms with Crippen molar-refractivity contribution < 1.29 is 13.9 Å². The summed E-state index contributed by atoms with van der Waals surface area (Å²) in [7, 11) is 0. The maximum absolute atomic E-state index is 13.4. The molecule has 0 aliphatic heterocycles. The van der Waals surface area contributed by atoms with Crippen LogP contribution in [0.3, 0.4) is 0 Å². The van der Waals surface area contributed by atoms with Crippen LogP contribution in [0.1, 0.15) is 26.3 Å². The number of hydrogen-bond donors (Lipinski definition) is 0. The molecule has 1 aromatic heterocycles. The SMILES string of the molecule is Cc1ccnc(N(C(=O)OC(C)(C)C)c2ccc(F)c(Cl)c2)c1. The summed E-state index contributed by atoms with van der Waals surface area (Å²) in [5, 5.41) is -0.0799. The van der Waals surface area contributed by atoms with Crippen LogP contribution in [0.2, 0.25) is 5.02 Å². The summed E-state index contributed by atoms with van der Waals surface area (Å²) in [6.45, 7) is 7.19. The second kappa shape index (κ2) is 6.54. The lowest BCUT2D eigenvalue weighted by atomic mass is 10.2. The van der Waals surface area contributed by atoms with Gasteiger partial charge in [-0.3, -0.25) is 0 Å². The molecule has 0 saturated heterocycles. The zero-order valence-corrected chi connectivity index (χ0v) is 14.2. The van der Waals surface area contributed by atoms with E-state index in [0.717, 1.165) is 5.56 Å². The number of ether oxygens (including phenoxy) is 1. The number of nitrogens with zero attached hydrogens (tertiary/aromatic N) is 2. The lowest BCUT2D eigenvalue weighted by Crippen LogP contribution is -2.34. The summed E-state index contributed by atoms with van der Waals surface area (Å²) in [4.78, 5) is 18.1. The second-order valence-corrected chi connectivity index (χ2v) is 6.51. The molecule has 1 amide bonds. The van der Waals surface area contributed by atoms with E-state index in [-0.39, 0.29) is 5.02 Å². The molecule has 0 aliphatic rings. The average Bonchev–Trinajstić information content (AvgIpc) is 2.41. The summed E-state index contributed by atoms with van der Waals surface area (Å²) in [5.74, 6) is -0.182. The fourth-order valence-electron chi connectivity index (χ4n) is 1.91. The Morgan fingerprint density at radius 1 is 1.26 bits per heavy atom. The molecule has 0 saturated carbocycles. The van der Waals surface area contributed by atoms with Gasteiger partial charge < -0.3 is 4.74 Å². The lowest BCUT2D eigenvalue weighted by molar-refractivity contribution is 0.0598. The number of aryl methyl sites for hydroxylation is 1. The maximum atomic E-state index is 13.4. The van der Waals surface area contributed by atoms with Crippen molar-refractivity contribution >= 4 is 29.2 Å². The first-order chi connectivity index (χ1) is 10.7. The fraction of sp³-hybridized carbons (Fsp3) is 0.294. The molecule has 0 spiro atoms. The van der Waals surface area contributed by atoms with Crippen molar-refractivity contribution in [1.82, 2.24) is 4.98 Å². The second-order valence-electron chi connectivity index (χ2n) is 6.11. The molecule has 23 heavy (non-hydrogen) atoms. The van der Waals surface area contributed by atoms with Crippen LogP contribution >= 0.6 is 11.6 Å². The Balaban J connectivity index is 2.50. The molecule has 1 heterocycles. The number of halogens is 2. The molecule has 0 bridgehead atoms. The van der Waals surface area contributed by atoms with Gasteiger partial charge in [0, 0.05) is 6.20 Å². The highest BCUT2D eigenvalue weighted by Gasteiger charge is 2.26. The minimum Gasteiger partial charge on any atom is -0.443 e. The van der Waals surface area contributed by atoms with Gasteiger partial charge in [0.1, 0.15) is 17.2 Å². The van der Waals surface area contributed by atoms with E-state index in [2.05, 4.69) is 4.98 Å². The molecule has 6 heteroatoms. The highest BCUT2D eigenvalue weighted by Crippen LogP contribution is 2.30. The molecular formula is C17H18ClFN2O2. The van der Waals surface area contributed by atoms with E-state index in [1.165, 1.54) is 23.1 Å². The van der Waals surface area contributed by atoms with Gasteiger partial charge in [-0.25, -0.2) is 19.1 Å². The Bertz CT molecular complexity index is 729. The monoisotopic (exact) mass is 336 g/mol. The van der Waals surface area contributed by atoms with Gasteiger partial charge in [0.25, 0.3) is 0 Å². The van der Waals surface area contributed by atoms with Gasteiger partial charge in [-0.2, -0.15) is 0 Å².